The summed E-state index contributed by atoms with van der Waals surface area (Å²) >= 11 is 0. The Labute approximate surface area is 256 Å². The Bertz CT molecular complexity index is 1580. The molecule has 1 aliphatic rings. The van der Waals surface area contributed by atoms with Gasteiger partial charge in [-0.15, -0.1) is 0 Å². The predicted molar refractivity (Wildman–Crippen MR) is 167 cm³/mol. The zero-order valence-electron chi connectivity index (χ0n) is 26.2. The summed E-state index contributed by atoms with van der Waals surface area (Å²) in [5.41, 5.74) is 11.9. The summed E-state index contributed by atoms with van der Waals surface area (Å²) in [4.78, 5) is 46.7. The van der Waals surface area contributed by atoms with Gasteiger partial charge in [0.2, 0.25) is 0 Å². The highest BCUT2D eigenvalue weighted by Crippen LogP contribution is 2.32. The molecule has 2 N–H and O–H groups in total. The Morgan fingerprint density at radius 3 is 2.41 bits per heavy atom. The van der Waals surface area contributed by atoms with Crippen molar-refractivity contribution >= 4 is 23.6 Å². The third-order valence-electron chi connectivity index (χ3n) is 6.50. The van der Waals surface area contributed by atoms with E-state index in [0.717, 1.165) is 16.7 Å². The summed E-state index contributed by atoms with van der Waals surface area (Å²) in [6.45, 7) is 11.2. The van der Waals surface area contributed by atoms with E-state index in [1.807, 2.05) is 51.1 Å². The fourth-order valence-corrected chi connectivity index (χ4v) is 4.49. The minimum absolute atomic E-state index is 0.0800. The van der Waals surface area contributed by atoms with Crippen molar-refractivity contribution in [1.29, 1.82) is 0 Å². The number of hydrogen-bond donors (Lipinski definition) is 2. The minimum atomic E-state index is -0.692. The summed E-state index contributed by atoms with van der Waals surface area (Å²) in [6.07, 6.45) is 6.23. The molecule has 3 aromatic rings. The van der Waals surface area contributed by atoms with Gasteiger partial charge < -0.3 is 19.4 Å². The van der Waals surface area contributed by atoms with Crippen molar-refractivity contribution in [2.75, 3.05) is 12.4 Å². The van der Waals surface area contributed by atoms with Crippen molar-refractivity contribution in [3.63, 3.8) is 0 Å². The van der Waals surface area contributed by atoms with Gasteiger partial charge in [0.25, 0.3) is 0 Å². The lowest BCUT2D eigenvalue weighted by Crippen LogP contribution is -2.33. The van der Waals surface area contributed by atoms with E-state index < -0.39 is 23.4 Å². The van der Waals surface area contributed by atoms with Crippen LogP contribution in [0.5, 0.6) is 0 Å². The quantitative estimate of drug-likeness (QED) is 0.160. The Kier molecular flexibility index (Phi) is 9.59. The zero-order chi connectivity index (χ0) is 32.1. The van der Waals surface area contributed by atoms with Crippen molar-refractivity contribution < 1.29 is 19.1 Å². The van der Waals surface area contributed by atoms with Gasteiger partial charge in [-0.25, -0.2) is 24.5 Å². The van der Waals surface area contributed by atoms with Crippen LogP contribution in [0.15, 0.2) is 47.8 Å². The van der Waals surface area contributed by atoms with Crippen molar-refractivity contribution in [2.24, 2.45) is 5.11 Å². The molecule has 0 saturated carbocycles. The monoisotopic (exact) mass is 601 g/mol. The fraction of sp³-hybridized carbons (Fsp3) is 0.452. The van der Waals surface area contributed by atoms with E-state index in [1.165, 1.54) is 4.90 Å². The number of nitrogens with one attached hydrogen (secondary N) is 2. The van der Waals surface area contributed by atoms with Crippen LogP contribution in [0.2, 0.25) is 0 Å². The number of rotatable bonds is 7. The molecule has 1 aromatic carbocycles. The number of nitrogens with zero attached hydrogens (tertiary/aromatic N) is 7. The molecule has 44 heavy (non-hydrogen) atoms. The highest BCUT2D eigenvalue weighted by atomic mass is 16.6. The van der Waals surface area contributed by atoms with Gasteiger partial charge in [-0.2, -0.15) is 0 Å². The van der Waals surface area contributed by atoms with Crippen LogP contribution in [0, 0.1) is 0 Å². The topological polar surface area (TPSA) is 171 Å². The van der Waals surface area contributed by atoms with Gasteiger partial charge in [0.05, 0.1) is 23.8 Å². The maximum atomic E-state index is 12.6. The Balaban J connectivity index is 1.58. The SMILES string of the molecule is CN(Cc1ccc(-c2ncc(-c3nc(C4=CCC(N=[N+]=[N-])CC4)cnc3NC(=O)OC(C)(C)C)[nH]2)cc1)C(=O)OC(C)(C)C. The van der Waals surface area contributed by atoms with E-state index >= 15 is 0 Å². The molecule has 2 aromatic heterocycles. The Morgan fingerprint density at radius 2 is 1.80 bits per heavy atom. The number of benzene rings is 1. The first-order valence-electron chi connectivity index (χ1n) is 14.4. The number of imidazole rings is 1. The Hall–Kier alpha value is -4.90. The van der Waals surface area contributed by atoms with Crippen LogP contribution in [0.25, 0.3) is 38.8 Å². The van der Waals surface area contributed by atoms with Gasteiger partial charge in [-0.05, 0) is 77.5 Å². The number of carbonyl (C=O) groups is 2. The third kappa shape index (κ3) is 8.81. The number of hydrogen-bond acceptors (Lipinski definition) is 8. The summed E-state index contributed by atoms with van der Waals surface area (Å²) in [7, 11) is 1.70. The molecule has 0 bridgehead atoms. The molecule has 0 fully saturated rings. The molecule has 0 radical (unpaired) electrons. The number of aromatic nitrogens is 4. The van der Waals surface area contributed by atoms with Crippen LogP contribution in [0.1, 0.15) is 72.1 Å². The number of anilines is 1. The predicted octanol–water partition coefficient (Wildman–Crippen LogP) is 7.49. The molecule has 2 heterocycles. The van der Waals surface area contributed by atoms with Crippen LogP contribution >= 0.6 is 0 Å². The van der Waals surface area contributed by atoms with Crippen LogP contribution < -0.4 is 5.32 Å². The van der Waals surface area contributed by atoms with Crippen LogP contribution in [0.4, 0.5) is 15.4 Å². The number of H-pyrrole nitrogens is 1. The number of allylic oxidation sites excluding steroid dienone is 1. The molecule has 2 amide bonds. The fourth-order valence-electron chi connectivity index (χ4n) is 4.49. The average molecular weight is 602 g/mol. The van der Waals surface area contributed by atoms with E-state index in [-0.39, 0.29) is 11.9 Å². The molecule has 1 atom stereocenters. The van der Waals surface area contributed by atoms with Gasteiger partial charge in [0, 0.05) is 30.1 Å². The summed E-state index contributed by atoms with van der Waals surface area (Å²) in [6, 6.07) is 7.59. The first-order chi connectivity index (χ1) is 20.7. The molecule has 1 aliphatic carbocycles. The largest absolute Gasteiger partial charge is 0.444 e. The van der Waals surface area contributed by atoms with Crippen LogP contribution in [-0.2, 0) is 16.0 Å². The molecule has 0 saturated heterocycles. The van der Waals surface area contributed by atoms with Crippen LogP contribution in [0.3, 0.4) is 0 Å². The highest BCUT2D eigenvalue weighted by molar-refractivity contribution is 5.88. The number of aromatic amines is 1. The maximum Gasteiger partial charge on any atom is 0.413 e. The number of azide groups is 1. The van der Waals surface area contributed by atoms with E-state index in [9.17, 15) is 9.59 Å². The summed E-state index contributed by atoms with van der Waals surface area (Å²) in [5, 5.41) is 6.54. The zero-order valence-corrected chi connectivity index (χ0v) is 26.2. The lowest BCUT2D eigenvalue weighted by atomic mass is 9.94. The van der Waals surface area contributed by atoms with Crippen molar-refractivity contribution in [2.45, 2.75) is 84.6 Å². The lowest BCUT2D eigenvalue weighted by Gasteiger charge is -2.24. The standard InChI is InChI=1S/C31H39N9O4/c1-30(2,3)43-28(41)37-27-25(35-23(16-34-27)20-12-14-22(15-13-20)38-39-32)24-17-33-26(36-24)21-10-8-19(9-11-21)18-40(7)29(42)44-31(4,5)6/h8-12,16-17,22H,13-15,18H2,1-7H3,(H,33,36)(H,34,37,41). The molecule has 0 aliphatic heterocycles. The summed E-state index contributed by atoms with van der Waals surface area (Å²) < 4.78 is 10.9. The summed E-state index contributed by atoms with van der Waals surface area (Å²) in [5.74, 6) is 0.818. The van der Waals surface area contributed by atoms with Gasteiger partial charge in [0.15, 0.2) is 5.82 Å². The second-order valence-electron chi connectivity index (χ2n) is 12.6. The minimum Gasteiger partial charge on any atom is -0.444 e. The normalized spacial score (nSPS) is 15.1. The first-order valence-corrected chi connectivity index (χ1v) is 14.4. The van der Waals surface area contributed by atoms with Gasteiger partial charge >= 0.3 is 12.2 Å². The number of ether oxygens (including phenoxy) is 2. The molecular formula is C31H39N9O4. The smallest absolute Gasteiger partial charge is 0.413 e. The molecule has 232 valence electrons. The van der Waals surface area contributed by atoms with Crippen molar-refractivity contribution in [3.05, 3.63) is 64.4 Å². The molecule has 13 nitrogen and oxygen atoms in total. The number of amides is 2. The maximum absolute atomic E-state index is 12.6. The van der Waals surface area contributed by atoms with Crippen LogP contribution in [-0.4, -0.2) is 61.3 Å². The van der Waals surface area contributed by atoms with Gasteiger partial charge in [-0.1, -0.05) is 35.5 Å². The van der Waals surface area contributed by atoms with Gasteiger partial charge in [0.1, 0.15) is 22.7 Å². The molecular weight excluding hydrogens is 562 g/mol. The van der Waals surface area contributed by atoms with Crippen molar-refractivity contribution in [1.82, 2.24) is 24.8 Å². The molecule has 1 unspecified atom stereocenters. The van der Waals surface area contributed by atoms with E-state index in [1.54, 1.807) is 40.2 Å². The Morgan fingerprint density at radius 1 is 1.09 bits per heavy atom. The van der Waals surface area contributed by atoms with E-state index in [2.05, 4.69) is 30.3 Å². The second kappa shape index (κ2) is 13.2. The van der Waals surface area contributed by atoms with Crippen molar-refractivity contribution in [3.8, 4) is 22.8 Å². The van der Waals surface area contributed by atoms with E-state index in [4.69, 9.17) is 20.0 Å². The van der Waals surface area contributed by atoms with E-state index in [0.29, 0.717) is 48.7 Å². The highest BCUT2D eigenvalue weighted by Gasteiger charge is 2.23. The second-order valence-corrected chi connectivity index (χ2v) is 12.6. The van der Waals surface area contributed by atoms with Gasteiger partial charge in [-0.3, -0.25) is 5.32 Å². The lowest BCUT2D eigenvalue weighted by molar-refractivity contribution is 0.0285. The molecule has 13 heteroatoms. The number of carbonyl (C=O) groups excluding carboxylic acids is 2. The third-order valence-corrected chi connectivity index (χ3v) is 6.50. The average Bonchev–Trinajstić information content (AvgIpc) is 3.42. The molecule has 4 rings (SSSR count). The first kappa shape index (κ1) is 32.0. The molecule has 0 spiro atoms.